The van der Waals surface area contributed by atoms with Gasteiger partial charge in [0.05, 0.1) is 18.2 Å². The average Bonchev–Trinajstić information content (AvgIpc) is 2.92. The minimum Gasteiger partial charge on any atom is -0.394 e. The van der Waals surface area contributed by atoms with Gasteiger partial charge in [-0.2, -0.15) is 0 Å². The number of aromatic nitrogens is 2. The monoisotopic (exact) mass is 300 g/mol. The number of aromatic amines is 1. The van der Waals surface area contributed by atoms with Crippen molar-refractivity contribution in [2.24, 2.45) is 0 Å². The Kier molecular flexibility index (Phi) is 3.89. The van der Waals surface area contributed by atoms with E-state index in [1.54, 1.807) is 6.20 Å². The number of carbonyl (C=O) groups excluding carboxylic acids is 1. The van der Waals surface area contributed by atoms with Crippen molar-refractivity contribution >= 4 is 27.6 Å². The third kappa shape index (κ3) is 2.48. The Morgan fingerprint density at radius 2 is 1.91 bits per heavy atom. The van der Waals surface area contributed by atoms with Crippen molar-refractivity contribution in [3.8, 4) is 0 Å². The van der Waals surface area contributed by atoms with E-state index in [2.05, 4.69) is 9.97 Å². The number of H-pyrrole nitrogens is 1. The highest BCUT2D eigenvalue weighted by molar-refractivity contribution is 6.14. The molecular weight excluding hydrogens is 284 g/mol. The summed E-state index contributed by atoms with van der Waals surface area (Å²) in [5.74, 6) is -0.392. The molecule has 0 saturated carbocycles. The van der Waals surface area contributed by atoms with Crippen LogP contribution < -0.4 is 0 Å². The van der Waals surface area contributed by atoms with Crippen molar-refractivity contribution in [1.29, 1.82) is 0 Å². The molecule has 22 heavy (non-hydrogen) atoms. The van der Waals surface area contributed by atoms with Crippen LogP contribution in [0.15, 0.2) is 36.5 Å². The number of carbonyl (C=O) groups is 1. The van der Waals surface area contributed by atoms with Crippen LogP contribution in [0.2, 0.25) is 0 Å². The van der Waals surface area contributed by atoms with E-state index < -0.39 is 24.6 Å². The zero-order valence-corrected chi connectivity index (χ0v) is 11.7. The van der Waals surface area contributed by atoms with Crippen LogP contribution in [-0.2, 0) is 0 Å². The predicted octanol–water partition coefficient (Wildman–Crippen LogP) is 1.00. The van der Waals surface area contributed by atoms with Crippen LogP contribution in [0.4, 0.5) is 0 Å². The summed E-state index contributed by atoms with van der Waals surface area (Å²) in [7, 11) is 0. The number of aliphatic hydroxyl groups is 3. The minimum atomic E-state index is -1.34. The molecule has 3 rings (SSSR count). The summed E-state index contributed by atoms with van der Waals surface area (Å²) < 4.78 is 0. The van der Waals surface area contributed by atoms with Gasteiger partial charge in [-0.1, -0.05) is 18.2 Å². The Bertz CT molecular complexity index is 827. The van der Waals surface area contributed by atoms with E-state index in [1.807, 2.05) is 30.3 Å². The van der Waals surface area contributed by atoms with E-state index in [0.717, 1.165) is 16.3 Å². The molecule has 6 heteroatoms. The maximum absolute atomic E-state index is 12.3. The molecule has 4 N–H and O–H groups in total. The maximum atomic E-state index is 12.3. The SMILES string of the molecule is O=C(C[C@H](O)[C@@H](O)CO)c1nccc2c1[nH]c1ccccc12. The van der Waals surface area contributed by atoms with E-state index in [4.69, 9.17) is 5.11 Å². The second-order valence-electron chi connectivity index (χ2n) is 5.20. The van der Waals surface area contributed by atoms with Crippen molar-refractivity contribution in [1.82, 2.24) is 9.97 Å². The summed E-state index contributed by atoms with van der Waals surface area (Å²) in [6, 6.07) is 9.50. The summed E-state index contributed by atoms with van der Waals surface area (Å²) in [6.07, 6.45) is -1.42. The maximum Gasteiger partial charge on any atom is 0.186 e. The molecule has 0 aliphatic carbocycles. The van der Waals surface area contributed by atoms with Gasteiger partial charge < -0.3 is 20.3 Å². The third-order valence-corrected chi connectivity index (χ3v) is 3.72. The van der Waals surface area contributed by atoms with Crippen LogP contribution >= 0.6 is 0 Å². The van der Waals surface area contributed by atoms with Crippen LogP contribution in [0, 0.1) is 0 Å². The first-order chi connectivity index (χ1) is 10.6. The summed E-state index contributed by atoms with van der Waals surface area (Å²) in [4.78, 5) is 19.6. The quantitative estimate of drug-likeness (QED) is 0.526. The van der Waals surface area contributed by atoms with E-state index in [0.29, 0.717) is 5.52 Å². The number of benzene rings is 1. The molecule has 3 aromatic rings. The van der Waals surface area contributed by atoms with Crippen molar-refractivity contribution in [2.75, 3.05) is 6.61 Å². The molecule has 0 fully saturated rings. The van der Waals surface area contributed by atoms with Gasteiger partial charge in [0.25, 0.3) is 0 Å². The fraction of sp³-hybridized carbons (Fsp3) is 0.250. The topological polar surface area (TPSA) is 106 Å². The average molecular weight is 300 g/mol. The first-order valence-corrected chi connectivity index (χ1v) is 6.97. The lowest BCUT2D eigenvalue weighted by Gasteiger charge is -2.14. The van der Waals surface area contributed by atoms with Crippen molar-refractivity contribution in [3.05, 3.63) is 42.2 Å². The van der Waals surface area contributed by atoms with Crippen molar-refractivity contribution in [2.45, 2.75) is 18.6 Å². The van der Waals surface area contributed by atoms with Crippen LogP contribution in [0.5, 0.6) is 0 Å². The van der Waals surface area contributed by atoms with Crippen molar-refractivity contribution in [3.63, 3.8) is 0 Å². The van der Waals surface area contributed by atoms with Gasteiger partial charge in [-0.3, -0.25) is 9.78 Å². The number of aliphatic hydroxyl groups excluding tert-OH is 3. The fourth-order valence-electron chi connectivity index (χ4n) is 2.53. The molecule has 0 radical (unpaired) electrons. The van der Waals surface area contributed by atoms with E-state index in [-0.39, 0.29) is 12.1 Å². The summed E-state index contributed by atoms with van der Waals surface area (Å²) >= 11 is 0. The number of pyridine rings is 1. The molecule has 2 heterocycles. The van der Waals surface area contributed by atoms with Gasteiger partial charge in [0.15, 0.2) is 5.78 Å². The molecule has 0 saturated heterocycles. The zero-order chi connectivity index (χ0) is 15.7. The standard InChI is InChI=1S/C16H16N2O4/c19-8-14(22)12(20)7-13(21)16-15-10(5-6-17-16)9-3-1-2-4-11(9)18-15/h1-6,12,14,18-20,22H,7-8H2/t12-,14-/m0/s1. The highest BCUT2D eigenvalue weighted by atomic mass is 16.4. The molecule has 0 aliphatic heterocycles. The van der Waals surface area contributed by atoms with Crippen LogP contribution in [-0.4, -0.2) is 49.9 Å². The zero-order valence-electron chi connectivity index (χ0n) is 11.7. The molecule has 6 nitrogen and oxygen atoms in total. The van der Waals surface area contributed by atoms with E-state index in [1.165, 1.54) is 0 Å². The van der Waals surface area contributed by atoms with Gasteiger partial charge in [0, 0.05) is 28.9 Å². The lowest BCUT2D eigenvalue weighted by molar-refractivity contribution is -0.0147. The van der Waals surface area contributed by atoms with Gasteiger partial charge in [-0.25, -0.2) is 0 Å². The number of hydrogen-bond acceptors (Lipinski definition) is 5. The smallest absolute Gasteiger partial charge is 0.186 e. The fourth-order valence-corrected chi connectivity index (χ4v) is 2.53. The summed E-state index contributed by atoms with van der Waals surface area (Å²) in [5, 5.41) is 29.7. The molecular formula is C16H16N2O4. The number of Topliss-reactive ketones (excluding diaryl/α,β-unsaturated/α-hetero) is 1. The van der Waals surface area contributed by atoms with Gasteiger partial charge in [-0.15, -0.1) is 0 Å². The highest BCUT2D eigenvalue weighted by Crippen LogP contribution is 2.27. The number of fused-ring (bicyclic) bond motifs is 3. The van der Waals surface area contributed by atoms with Crippen LogP contribution in [0.1, 0.15) is 16.9 Å². The summed E-state index contributed by atoms with van der Waals surface area (Å²) in [5.41, 5.74) is 1.73. The first-order valence-electron chi connectivity index (χ1n) is 6.97. The molecule has 0 aliphatic rings. The molecule has 1 aromatic carbocycles. The van der Waals surface area contributed by atoms with E-state index >= 15 is 0 Å². The lowest BCUT2D eigenvalue weighted by atomic mass is 10.0. The molecule has 0 bridgehead atoms. The van der Waals surface area contributed by atoms with E-state index in [9.17, 15) is 15.0 Å². The number of para-hydroxylation sites is 1. The second-order valence-corrected chi connectivity index (χ2v) is 5.20. The second kappa shape index (κ2) is 5.84. The normalized spacial score (nSPS) is 14.3. The van der Waals surface area contributed by atoms with Crippen LogP contribution in [0.3, 0.4) is 0 Å². The molecule has 2 atom stereocenters. The Hall–Kier alpha value is -2.28. The number of ketones is 1. The Morgan fingerprint density at radius 1 is 1.14 bits per heavy atom. The van der Waals surface area contributed by atoms with Gasteiger partial charge in [-0.05, 0) is 12.1 Å². The van der Waals surface area contributed by atoms with Gasteiger partial charge in [0.1, 0.15) is 11.8 Å². The number of rotatable bonds is 5. The molecule has 2 aromatic heterocycles. The first kappa shape index (κ1) is 14.6. The number of hydrogen-bond donors (Lipinski definition) is 4. The Balaban J connectivity index is 2.02. The van der Waals surface area contributed by atoms with Gasteiger partial charge in [0.2, 0.25) is 0 Å². The Labute approximate surface area is 126 Å². The highest BCUT2D eigenvalue weighted by Gasteiger charge is 2.22. The summed E-state index contributed by atoms with van der Waals surface area (Å²) in [6.45, 7) is -0.599. The number of nitrogens with zero attached hydrogens (tertiary/aromatic N) is 1. The van der Waals surface area contributed by atoms with Crippen molar-refractivity contribution < 1.29 is 20.1 Å². The molecule has 0 amide bonds. The predicted molar refractivity (Wildman–Crippen MR) is 81.6 cm³/mol. The third-order valence-electron chi connectivity index (χ3n) is 3.72. The molecule has 0 unspecified atom stereocenters. The lowest BCUT2D eigenvalue weighted by Crippen LogP contribution is -2.31. The van der Waals surface area contributed by atoms with Crippen LogP contribution in [0.25, 0.3) is 21.8 Å². The number of nitrogens with one attached hydrogen (secondary N) is 1. The molecule has 114 valence electrons. The largest absolute Gasteiger partial charge is 0.394 e. The molecule has 0 spiro atoms. The Morgan fingerprint density at radius 3 is 2.68 bits per heavy atom. The minimum absolute atomic E-state index is 0.220. The van der Waals surface area contributed by atoms with Gasteiger partial charge >= 0.3 is 0 Å².